The SMILES string of the molecule is O[C@H]1[C@H](O)[C@@H](O)c2c(cc3ccc4cccc5c6ccccc6c2c3c45)[C@@H]1O. The summed E-state index contributed by atoms with van der Waals surface area (Å²) in [5.41, 5.74) is 0.980. The lowest BCUT2D eigenvalue weighted by atomic mass is 9.77. The van der Waals surface area contributed by atoms with Crippen LogP contribution in [0.25, 0.3) is 43.1 Å². The number of benzene rings is 5. The van der Waals surface area contributed by atoms with E-state index < -0.39 is 24.4 Å². The quantitative estimate of drug-likeness (QED) is 0.248. The van der Waals surface area contributed by atoms with E-state index in [-0.39, 0.29) is 0 Å². The van der Waals surface area contributed by atoms with E-state index >= 15 is 0 Å². The Labute approximate surface area is 160 Å². The first kappa shape index (κ1) is 16.2. The van der Waals surface area contributed by atoms with Crippen LogP contribution in [0.5, 0.6) is 0 Å². The number of hydrogen-bond donors (Lipinski definition) is 4. The van der Waals surface area contributed by atoms with E-state index in [1.54, 1.807) is 0 Å². The van der Waals surface area contributed by atoms with Crippen molar-refractivity contribution in [1.82, 2.24) is 0 Å². The molecular weight excluding hydrogens is 352 g/mol. The highest BCUT2D eigenvalue weighted by molar-refractivity contribution is 6.34. The number of rotatable bonds is 0. The van der Waals surface area contributed by atoms with Gasteiger partial charge in [-0.2, -0.15) is 0 Å². The molecule has 0 aromatic heterocycles. The van der Waals surface area contributed by atoms with Crippen molar-refractivity contribution in [2.45, 2.75) is 24.4 Å². The minimum atomic E-state index is -1.44. The summed E-state index contributed by atoms with van der Waals surface area (Å²) in [6.45, 7) is 0. The first-order chi connectivity index (χ1) is 13.6. The van der Waals surface area contributed by atoms with Crippen molar-refractivity contribution in [2.75, 3.05) is 0 Å². The van der Waals surface area contributed by atoms with Crippen LogP contribution >= 0.6 is 0 Å². The van der Waals surface area contributed by atoms with E-state index in [1.165, 1.54) is 0 Å². The van der Waals surface area contributed by atoms with Gasteiger partial charge in [0.15, 0.2) is 0 Å². The summed E-state index contributed by atoms with van der Waals surface area (Å²) in [6, 6.07) is 20.1. The van der Waals surface area contributed by atoms with Gasteiger partial charge in [-0.15, -0.1) is 0 Å². The van der Waals surface area contributed by atoms with Crippen LogP contribution in [-0.2, 0) is 0 Å². The van der Waals surface area contributed by atoms with E-state index in [1.807, 2.05) is 36.4 Å². The normalized spacial score (nSPS) is 25.1. The average Bonchev–Trinajstić information content (AvgIpc) is 2.74. The summed E-state index contributed by atoms with van der Waals surface area (Å²) in [5, 5.41) is 50.3. The van der Waals surface area contributed by atoms with Crippen molar-refractivity contribution in [1.29, 1.82) is 0 Å². The highest BCUT2D eigenvalue weighted by Crippen LogP contribution is 2.48. The third-order valence-corrected chi connectivity index (χ3v) is 6.32. The van der Waals surface area contributed by atoms with Crippen molar-refractivity contribution in [3.05, 3.63) is 71.8 Å². The molecule has 0 spiro atoms. The molecule has 4 N–H and O–H groups in total. The third-order valence-electron chi connectivity index (χ3n) is 6.32. The Hall–Kier alpha value is -2.76. The summed E-state index contributed by atoms with van der Waals surface area (Å²) in [6.07, 6.45) is -5.41. The lowest BCUT2D eigenvalue weighted by Crippen LogP contribution is -2.41. The van der Waals surface area contributed by atoms with Crippen LogP contribution in [0, 0.1) is 0 Å². The van der Waals surface area contributed by atoms with Crippen LogP contribution in [0.3, 0.4) is 0 Å². The van der Waals surface area contributed by atoms with Gasteiger partial charge in [0.1, 0.15) is 24.4 Å². The summed E-state index contributed by atoms with van der Waals surface area (Å²) in [7, 11) is 0. The summed E-state index contributed by atoms with van der Waals surface area (Å²) < 4.78 is 0. The minimum absolute atomic E-state index is 0.473. The number of hydrogen-bond acceptors (Lipinski definition) is 4. The zero-order chi connectivity index (χ0) is 19.2. The lowest BCUT2D eigenvalue weighted by Gasteiger charge is -2.36. The van der Waals surface area contributed by atoms with E-state index in [0.717, 1.165) is 43.1 Å². The summed E-state index contributed by atoms with van der Waals surface area (Å²) in [5.74, 6) is 0. The molecule has 5 aromatic rings. The van der Waals surface area contributed by atoms with Crippen molar-refractivity contribution in [3.63, 3.8) is 0 Å². The van der Waals surface area contributed by atoms with Crippen LogP contribution in [-0.4, -0.2) is 32.6 Å². The Balaban J connectivity index is 1.97. The van der Waals surface area contributed by atoms with Gasteiger partial charge in [0, 0.05) is 0 Å². The molecule has 0 radical (unpaired) electrons. The average molecular weight is 370 g/mol. The molecule has 0 unspecified atom stereocenters. The molecule has 5 aromatic carbocycles. The maximum absolute atomic E-state index is 10.9. The van der Waals surface area contributed by atoms with E-state index in [2.05, 4.69) is 24.3 Å². The van der Waals surface area contributed by atoms with Gasteiger partial charge in [0.25, 0.3) is 0 Å². The molecule has 0 saturated carbocycles. The minimum Gasteiger partial charge on any atom is -0.387 e. The topological polar surface area (TPSA) is 80.9 Å². The maximum Gasteiger partial charge on any atom is 0.113 e. The number of aliphatic hydroxyl groups is 4. The molecule has 0 amide bonds. The summed E-state index contributed by atoms with van der Waals surface area (Å²) in [4.78, 5) is 0. The van der Waals surface area contributed by atoms with Gasteiger partial charge in [0.2, 0.25) is 0 Å². The van der Waals surface area contributed by atoms with Crippen molar-refractivity contribution in [3.8, 4) is 0 Å². The monoisotopic (exact) mass is 370 g/mol. The van der Waals surface area contributed by atoms with Crippen LogP contribution in [0.15, 0.2) is 60.7 Å². The second kappa shape index (κ2) is 5.40. The standard InChI is InChI=1S/C24H18O4/c25-21-16-10-12-9-8-11-4-3-7-14-13-5-1-2-6-15(13)19(18(12)17(11)14)20(16)22(26)24(28)23(21)27/h1-10,21-28H/t21-,22-,23+,24+/m0/s1. The molecule has 0 aliphatic heterocycles. The van der Waals surface area contributed by atoms with Gasteiger partial charge >= 0.3 is 0 Å². The van der Waals surface area contributed by atoms with Crippen molar-refractivity contribution < 1.29 is 20.4 Å². The Morgan fingerprint density at radius 1 is 0.536 bits per heavy atom. The highest BCUT2D eigenvalue weighted by atomic mass is 16.4. The van der Waals surface area contributed by atoms with Crippen LogP contribution in [0.4, 0.5) is 0 Å². The fourth-order valence-electron chi connectivity index (χ4n) is 5.04. The summed E-state index contributed by atoms with van der Waals surface area (Å²) >= 11 is 0. The van der Waals surface area contributed by atoms with Gasteiger partial charge in [0.05, 0.1) is 0 Å². The largest absolute Gasteiger partial charge is 0.387 e. The zero-order valence-corrected chi connectivity index (χ0v) is 14.9. The molecule has 1 aliphatic carbocycles. The lowest BCUT2D eigenvalue weighted by molar-refractivity contribution is -0.119. The van der Waals surface area contributed by atoms with E-state index in [9.17, 15) is 20.4 Å². The molecule has 0 fully saturated rings. The zero-order valence-electron chi connectivity index (χ0n) is 14.9. The molecule has 0 saturated heterocycles. The van der Waals surface area contributed by atoms with Gasteiger partial charge < -0.3 is 20.4 Å². The molecule has 4 heteroatoms. The second-order valence-corrected chi connectivity index (χ2v) is 7.74. The molecule has 4 atom stereocenters. The van der Waals surface area contributed by atoms with Crippen LogP contribution < -0.4 is 0 Å². The van der Waals surface area contributed by atoms with Gasteiger partial charge in [-0.05, 0) is 60.3 Å². The smallest absolute Gasteiger partial charge is 0.113 e. The fraction of sp³-hybridized carbons (Fsp3) is 0.167. The fourth-order valence-corrected chi connectivity index (χ4v) is 5.04. The van der Waals surface area contributed by atoms with Crippen LogP contribution in [0.2, 0.25) is 0 Å². The maximum atomic E-state index is 10.9. The van der Waals surface area contributed by atoms with Gasteiger partial charge in [-0.3, -0.25) is 0 Å². The Morgan fingerprint density at radius 3 is 2.00 bits per heavy atom. The first-order valence-corrected chi connectivity index (χ1v) is 9.42. The van der Waals surface area contributed by atoms with Gasteiger partial charge in [-0.25, -0.2) is 0 Å². The molecule has 0 bridgehead atoms. The van der Waals surface area contributed by atoms with Crippen molar-refractivity contribution >= 4 is 43.1 Å². The predicted octanol–water partition coefficient (Wildman–Crippen LogP) is 3.54. The Kier molecular flexibility index (Phi) is 3.13. The number of fused-ring (bicyclic) bond motifs is 5. The second-order valence-electron chi connectivity index (χ2n) is 7.74. The molecule has 4 nitrogen and oxygen atoms in total. The third kappa shape index (κ3) is 1.83. The van der Waals surface area contributed by atoms with Crippen molar-refractivity contribution in [2.24, 2.45) is 0 Å². The molecular formula is C24H18O4. The predicted molar refractivity (Wildman–Crippen MR) is 110 cm³/mol. The van der Waals surface area contributed by atoms with Crippen LogP contribution in [0.1, 0.15) is 23.3 Å². The van der Waals surface area contributed by atoms with E-state index in [0.29, 0.717) is 11.1 Å². The van der Waals surface area contributed by atoms with Gasteiger partial charge in [-0.1, -0.05) is 54.6 Å². The molecule has 6 rings (SSSR count). The Bertz CT molecular complexity index is 1390. The molecule has 138 valence electrons. The Morgan fingerprint density at radius 2 is 1.18 bits per heavy atom. The van der Waals surface area contributed by atoms with E-state index in [4.69, 9.17) is 0 Å². The number of aliphatic hydroxyl groups excluding tert-OH is 4. The first-order valence-electron chi connectivity index (χ1n) is 9.42. The molecule has 0 heterocycles. The molecule has 1 aliphatic rings. The highest BCUT2D eigenvalue weighted by Gasteiger charge is 2.41. The molecule has 28 heavy (non-hydrogen) atoms.